The fraction of sp³-hybridized carbons (Fsp3) is 0.435. The van der Waals surface area contributed by atoms with E-state index in [4.69, 9.17) is 0 Å². The van der Waals surface area contributed by atoms with Gasteiger partial charge in [-0.15, -0.1) is 0 Å². The predicted molar refractivity (Wildman–Crippen MR) is 116 cm³/mol. The van der Waals surface area contributed by atoms with Crippen LogP contribution in [-0.4, -0.2) is 57.5 Å². The number of carbonyl (C=O) groups is 2. The number of hydrogen-bond acceptors (Lipinski definition) is 7. The van der Waals surface area contributed by atoms with Gasteiger partial charge < -0.3 is 15.3 Å². The van der Waals surface area contributed by atoms with E-state index in [2.05, 4.69) is 21.4 Å². The van der Waals surface area contributed by atoms with Crippen molar-refractivity contribution in [2.75, 3.05) is 29.9 Å². The van der Waals surface area contributed by atoms with Crippen molar-refractivity contribution in [1.29, 1.82) is 5.26 Å². The molecule has 2 saturated heterocycles. The number of carbonyl (C=O) groups excluding carboxylic acids is 2. The zero-order chi connectivity index (χ0) is 22.3. The molecule has 2 aliphatic heterocycles. The maximum atomic E-state index is 13.0. The molecule has 2 amide bonds. The number of nitrogens with one attached hydrogen (secondary N) is 1. The first-order chi connectivity index (χ1) is 15.5. The first-order valence-corrected chi connectivity index (χ1v) is 10.9. The second kappa shape index (κ2) is 7.88. The number of rotatable bonds is 5. The molecule has 0 unspecified atom stereocenters. The number of benzene rings is 1. The van der Waals surface area contributed by atoms with E-state index in [1.807, 2.05) is 0 Å². The molecule has 0 bridgehead atoms. The number of nitrogens with zero attached hydrogens (tertiary/aromatic N) is 5. The minimum Gasteiger partial charge on any atom is -0.391 e. The number of aliphatic hydroxyl groups is 1. The normalized spacial score (nSPS) is 25.1. The van der Waals surface area contributed by atoms with Gasteiger partial charge in [-0.2, -0.15) is 10.2 Å². The summed E-state index contributed by atoms with van der Waals surface area (Å²) in [7, 11) is 0. The number of hydrogen-bond donors (Lipinski definition) is 2. The van der Waals surface area contributed by atoms with E-state index in [1.54, 1.807) is 46.3 Å². The van der Waals surface area contributed by atoms with Gasteiger partial charge >= 0.3 is 0 Å². The van der Waals surface area contributed by atoms with E-state index in [0.29, 0.717) is 55.5 Å². The van der Waals surface area contributed by atoms with Crippen LogP contribution in [0.3, 0.4) is 0 Å². The summed E-state index contributed by atoms with van der Waals surface area (Å²) in [6.45, 7) is 1.40. The molecule has 2 atom stereocenters. The average Bonchev–Trinajstić information content (AvgIpc) is 3.48. The lowest BCUT2D eigenvalue weighted by atomic mass is 9.83. The molecule has 1 aromatic carbocycles. The fourth-order valence-corrected chi connectivity index (χ4v) is 4.60. The Morgan fingerprint density at radius 2 is 1.97 bits per heavy atom. The summed E-state index contributed by atoms with van der Waals surface area (Å²) < 4.78 is 0. The molecule has 164 valence electrons. The Kier molecular flexibility index (Phi) is 5.02. The molecule has 2 N–H and O–H groups in total. The summed E-state index contributed by atoms with van der Waals surface area (Å²) in [6, 6.07) is 10.9. The average molecular weight is 432 g/mol. The van der Waals surface area contributed by atoms with Gasteiger partial charge in [0.2, 0.25) is 11.9 Å². The van der Waals surface area contributed by atoms with Gasteiger partial charge in [0.05, 0.1) is 12.2 Å². The summed E-state index contributed by atoms with van der Waals surface area (Å²) in [5, 5.41) is 22.4. The van der Waals surface area contributed by atoms with Crippen LogP contribution in [0.15, 0.2) is 36.5 Å². The van der Waals surface area contributed by atoms with Crippen LogP contribution in [0.25, 0.3) is 0 Å². The molecule has 3 heterocycles. The van der Waals surface area contributed by atoms with E-state index < -0.39 is 11.5 Å². The molecule has 1 aliphatic carbocycles. The first kappa shape index (κ1) is 20.4. The molecule has 3 fully saturated rings. The first-order valence-electron chi connectivity index (χ1n) is 10.9. The van der Waals surface area contributed by atoms with Gasteiger partial charge in [-0.25, -0.2) is 4.98 Å². The van der Waals surface area contributed by atoms with Gasteiger partial charge in [-0.3, -0.25) is 14.5 Å². The van der Waals surface area contributed by atoms with Crippen LogP contribution in [0.4, 0.5) is 17.5 Å². The highest BCUT2D eigenvalue weighted by molar-refractivity contribution is 6.01. The number of nitriles is 1. The molecule has 9 heteroatoms. The number of amides is 2. The van der Waals surface area contributed by atoms with Gasteiger partial charge in [0.15, 0.2) is 0 Å². The van der Waals surface area contributed by atoms with Gasteiger partial charge in [0.1, 0.15) is 11.2 Å². The van der Waals surface area contributed by atoms with Crippen LogP contribution >= 0.6 is 0 Å². The molecule has 9 nitrogen and oxygen atoms in total. The Balaban J connectivity index is 1.28. The number of β-amino-alcohol motifs (C(OH)–C–C–N with tert-alkyl or cyclic N) is 1. The van der Waals surface area contributed by atoms with Crippen LogP contribution in [0.5, 0.6) is 0 Å². The third-order valence-corrected chi connectivity index (χ3v) is 6.59. The zero-order valence-electron chi connectivity index (χ0n) is 17.6. The lowest BCUT2D eigenvalue weighted by molar-refractivity contribution is -0.123. The Bertz CT molecular complexity index is 1090. The second-order valence-corrected chi connectivity index (χ2v) is 8.70. The Hall–Kier alpha value is -3.51. The lowest BCUT2D eigenvalue weighted by Gasteiger charge is -2.20. The number of aliphatic hydroxyl groups excluding tert-OH is 1. The Morgan fingerprint density at radius 1 is 1.19 bits per heavy atom. The molecule has 1 saturated carbocycles. The van der Waals surface area contributed by atoms with Crippen LogP contribution < -0.4 is 10.2 Å². The highest BCUT2D eigenvalue weighted by Gasteiger charge is 2.57. The molecule has 3 aliphatic rings. The summed E-state index contributed by atoms with van der Waals surface area (Å²) in [5.74, 6) is 0.703. The summed E-state index contributed by atoms with van der Waals surface area (Å²) in [6.07, 6.45) is 4.13. The summed E-state index contributed by atoms with van der Waals surface area (Å²) >= 11 is 0. The molecular weight excluding hydrogens is 408 g/mol. The Morgan fingerprint density at radius 3 is 2.62 bits per heavy atom. The molecule has 32 heavy (non-hydrogen) atoms. The fourth-order valence-electron chi connectivity index (χ4n) is 4.60. The van der Waals surface area contributed by atoms with E-state index in [1.165, 1.54) is 0 Å². The topological polar surface area (TPSA) is 122 Å². The third kappa shape index (κ3) is 3.56. The highest BCUT2D eigenvalue weighted by atomic mass is 16.3. The van der Waals surface area contributed by atoms with Gasteiger partial charge in [-0.05, 0) is 61.9 Å². The predicted octanol–water partition coefficient (Wildman–Crippen LogP) is 2.08. The summed E-state index contributed by atoms with van der Waals surface area (Å²) in [5.41, 5.74) is 0.346. The highest BCUT2D eigenvalue weighted by Crippen LogP contribution is 2.51. The monoisotopic (exact) mass is 432 g/mol. The van der Waals surface area contributed by atoms with Gasteiger partial charge in [0.25, 0.3) is 5.91 Å². The van der Waals surface area contributed by atoms with E-state index >= 15 is 0 Å². The van der Waals surface area contributed by atoms with Gasteiger partial charge in [0, 0.05) is 37.1 Å². The van der Waals surface area contributed by atoms with Crippen molar-refractivity contribution in [1.82, 2.24) is 14.9 Å². The third-order valence-electron chi connectivity index (χ3n) is 6.59. The standard InChI is InChI=1S/C23H24N6O3/c24-14-23(16-3-4-16)9-12-29(21(23)32)19-7-10-25-22(27-19)26-17-5-1-15(2-6-17)20(31)28-11-8-18(30)13-28/h1-2,5-7,10,16,18,30H,3-4,8-9,11-13H2,(H,25,26,27)/t18-,23-/m1/s1. The lowest BCUT2D eigenvalue weighted by Crippen LogP contribution is -2.35. The van der Waals surface area contributed by atoms with E-state index in [9.17, 15) is 20.0 Å². The van der Waals surface area contributed by atoms with Gasteiger partial charge in [-0.1, -0.05) is 0 Å². The quantitative estimate of drug-likeness (QED) is 0.742. The smallest absolute Gasteiger partial charge is 0.253 e. The van der Waals surface area contributed by atoms with Crippen molar-refractivity contribution in [3.8, 4) is 6.07 Å². The van der Waals surface area contributed by atoms with Crippen molar-refractivity contribution in [3.63, 3.8) is 0 Å². The Labute approximate surface area is 185 Å². The van der Waals surface area contributed by atoms with Crippen LogP contribution in [-0.2, 0) is 4.79 Å². The van der Waals surface area contributed by atoms with Crippen LogP contribution in [0.1, 0.15) is 36.0 Å². The number of likely N-dealkylation sites (tertiary alicyclic amines) is 1. The van der Waals surface area contributed by atoms with E-state index in [-0.39, 0.29) is 17.7 Å². The number of anilines is 3. The summed E-state index contributed by atoms with van der Waals surface area (Å²) in [4.78, 5) is 37.5. The second-order valence-electron chi connectivity index (χ2n) is 8.70. The maximum Gasteiger partial charge on any atom is 0.253 e. The maximum absolute atomic E-state index is 13.0. The minimum absolute atomic E-state index is 0.101. The molecule has 5 rings (SSSR count). The molecule has 0 radical (unpaired) electrons. The molecule has 0 spiro atoms. The molecule has 2 aromatic rings. The minimum atomic E-state index is -0.910. The molecule has 1 aromatic heterocycles. The van der Waals surface area contributed by atoms with Crippen molar-refractivity contribution in [3.05, 3.63) is 42.1 Å². The van der Waals surface area contributed by atoms with Crippen molar-refractivity contribution in [2.24, 2.45) is 11.3 Å². The van der Waals surface area contributed by atoms with Crippen molar-refractivity contribution in [2.45, 2.75) is 31.8 Å². The zero-order valence-corrected chi connectivity index (χ0v) is 17.6. The number of aromatic nitrogens is 2. The van der Waals surface area contributed by atoms with Crippen molar-refractivity contribution >= 4 is 29.3 Å². The molecular formula is C23H24N6O3. The van der Waals surface area contributed by atoms with Crippen LogP contribution in [0.2, 0.25) is 0 Å². The SMILES string of the molecule is N#C[C@@]1(C2CC2)CCN(c2ccnc(Nc3ccc(C(=O)N4CC[C@@H](O)C4)cc3)n2)C1=O. The largest absolute Gasteiger partial charge is 0.391 e. The van der Waals surface area contributed by atoms with Crippen molar-refractivity contribution < 1.29 is 14.7 Å². The van der Waals surface area contributed by atoms with Crippen LogP contribution in [0, 0.1) is 22.7 Å². The van der Waals surface area contributed by atoms with E-state index in [0.717, 1.165) is 12.8 Å².